The minimum Gasteiger partial charge on any atom is -0.493 e. The lowest BCUT2D eigenvalue weighted by atomic mass is 10.2. The first-order valence-electron chi connectivity index (χ1n) is 10.7. The second-order valence-corrected chi connectivity index (χ2v) is 8.57. The summed E-state index contributed by atoms with van der Waals surface area (Å²) in [5.41, 5.74) is 1.02. The second-order valence-electron chi connectivity index (χ2n) is 7.56. The summed E-state index contributed by atoms with van der Waals surface area (Å²) in [6.45, 7) is 0. The molecule has 0 radical (unpaired) electrons. The van der Waals surface area contributed by atoms with Gasteiger partial charge in [0.15, 0.2) is 11.5 Å². The molecule has 0 aliphatic rings. The summed E-state index contributed by atoms with van der Waals surface area (Å²) in [7, 11) is 2.95. The summed E-state index contributed by atoms with van der Waals surface area (Å²) < 4.78 is 30.4. The molecule has 2 heterocycles. The smallest absolute Gasteiger partial charge is 0.280 e. The molecule has 5 aromatic rings. The van der Waals surface area contributed by atoms with Crippen molar-refractivity contribution in [3.8, 4) is 11.5 Å². The number of para-hydroxylation sites is 1. The van der Waals surface area contributed by atoms with Crippen LogP contribution in [0.25, 0.3) is 21.2 Å². The largest absolute Gasteiger partial charge is 0.493 e. The van der Waals surface area contributed by atoms with E-state index >= 15 is 0 Å². The van der Waals surface area contributed by atoms with Crippen LogP contribution in [0.5, 0.6) is 11.5 Å². The van der Waals surface area contributed by atoms with Gasteiger partial charge in [-0.2, -0.15) is 10.1 Å². The summed E-state index contributed by atoms with van der Waals surface area (Å²) in [4.78, 5) is 30.9. The number of thiazole rings is 1. The predicted octanol–water partition coefficient (Wildman–Crippen LogP) is 5.24. The number of nitrogens with zero attached hydrogens (tertiary/aromatic N) is 3. The molecule has 0 aliphatic heterocycles. The number of carbonyl (C=O) groups excluding carboxylic acids is 1. The van der Waals surface area contributed by atoms with Gasteiger partial charge in [-0.15, -0.1) is 0 Å². The second kappa shape index (κ2) is 9.59. The Kier molecular flexibility index (Phi) is 6.17. The van der Waals surface area contributed by atoms with Crippen LogP contribution in [0.15, 0.2) is 81.2 Å². The molecule has 0 unspecified atom stereocenters. The number of amides is 1. The van der Waals surface area contributed by atoms with Gasteiger partial charge in [0.1, 0.15) is 17.7 Å². The van der Waals surface area contributed by atoms with Crippen LogP contribution >= 0.6 is 11.3 Å². The molecule has 10 heteroatoms. The van der Waals surface area contributed by atoms with E-state index in [1.54, 1.807) is 36.4 Å². The fourth-order valence-electron chi connectivity index (χ4n) is 3.56. The average Bonchev–Trinajstić information content (AvgIpc) is 3.32. The number of hydrazone groups is 1. The molecule has 36 heavy (non-hydrogen) atoms. The Hall–Kier alpha value is -4.57. The maximum Gasteiger partial charge on any atom is 0.280 e. The van der Waals surface area contributed by atoms with Crippen molar-refractivity contribution in [3.05, 3.63) is 94.1 Å². The SMILES string of the molecule is COc1ccc(C(=O)N(/N=C/c2coc3ccccc3c2=O)c2nc3ccc(F)cc3s2)cc1OC. The Labute approximate surface area is 207 Å². The van der Waals surface area contributed by atoms with E-state index in [4.69, 9.17) is 13.9 Å². The highest BCUT2D eigenvalue weighted by Gasteiger charge is 2.23. The third-order valence-electron chi connectivity index (χ3n) is 5.36. The first-order valence-corrected chi connectivity index (χ1v) is 11.5. The van der Waals surface area contributed by atoms with Crippen LogP contribution < -0.4 is 19.9 Å². The van der Waals surface area contributed by atoms with E-state index < -0.39 is 11.7 Å². The molecule has 0 saturated carbocycles. The van der Waals surface area contributed by atoms with E-state index in [-0.39, 0.29) is 21.7 Å². The molecule has 0 fully saturated rings. The fourth-order valence-corrected chi connectivity index (χ4v) is 4.51. The summed E-state index contributed by atoms with van der Waals surface area (Å²) in [6, 6.07) is 15.6. The summed E-state index contributed by atoms with van der Waals surface area (Å²) in [6.07, 6.45) is 2.52. The summed E-state index contributed by atoms with van der Waals surface area (Å²) >= 11 is 1.08. The van der Waals surface area contributed by atoms with E-state index in [1.165, 1.54) is 51.0 Å². The van der Waals surface area contributed by atoms with E-state index in [0.29, 0.717) is 32.7 Å². The van der Waals surface area contributed by atoms with Crippen LogP contribution in [0.3, 0.4) is 0 Å². The first-order chi connectivity index (χ1) is 17.5. The van der Waals surface area contributed by atoms with Gasteiger partial charge in [-0.25, -0.2) is 9.37 Å². The van der Waals surface area contributed by atoms with Gasteiger partial charge in [0, 0.05) is 5.56 Å². The van der Waals surface area contributed by atoms with Crippen LogP contribution in [0.2, 0.25) is 0 Å². The van der Waals surface area contributed by atoms with Gasteiger partial charge >= 0.3 is 0 Å². The maximum atomic E-state index is 13.8. The van der Waals surface area contributed by atoms with Gasteiger partial charge in [0.25, 0.3) is 5.91 Å². The van der Waals surface area contributed by atoms with Crippen LogP contribution in [0, 0.1) is 5.82 Å². The maximum absolute atomic E-state index is 13.8. The average molecular weight is 504 g/mol. The van der Waals surface area contributed by atoms with Gasteiger partial charge in [-0.3, -0.25) is 9.59 Å². The topological polar surface area (TPSA) is 94.2 Å². The van der Waals surface area contributed by atoms with Crippen LogP contribution in [-0.4, -0.2) is 31.3 Å². The summed E-state index contributed by atoms with van der Waals surface area (Å²) in [5, 5.41) is 5.93. The highest BCUT2D eigenvalue weighted by atomic mass is 32.1. The van der Waals surface area contributed by atoms with Crippen molar-refractivity contribution in [2.75, 3.05) is 19.2 Å². The molecule has 8 nitrogen and oxygen atoms in total. The minimum absolute atomic E-state index is 0.144. The standard InChI is InChI=1S/C26H18FN3O5S/c1-33-21-10-7-15(11-22(21)34-2)25(32)30(26-29-19-9-8-17(27)12-23(19)36-26)28-13-16-14-35-20-6-4-3-5-18(20)24(16)31/h3-14H,1-2H3/b28-13+. The zero-order valence-corrected chi connectivity index (χ0v) is 19.9. The highest BCUT2D eigenvalue weighted by molar-refractivity contribution is 7.22. The zero-order chi connectivity index (χ0) is 25.2. The van der Waals surface area contributed by atoms with E-state index in [1.807, 2.05) is 0 Å². The number of fused-ring (bicyclic) bond motifs is 2. The van der Waals surface area contributed by atoms with Crippen LogP contribution in [-0.2, 0) is 0 Å². The molecule has 3 aromatic carbocycles. The molecule has 0 bridgehead atoms. The van der Waals surface area contributed by atoms with Crippen molar-refractivity contribution in [1.29, 1.82) is 0 Å². The van der Waals surface area contributed by atoms with E-state index in [2.05, 4.69) is 10.1 Å². The summed E-state index contributed by atoms with van der Waals surface area (Å²) in [5.74, 6) is -0.160. The molecule has 0 saturated heterocycles. The van der Waals surface area contributed by atoms with Gasteiger partial charge in [-0.1, -0.05) is 23.5 Å². The third-order valence-corrected chi connectivity index (χ3v) is 6.36. The number of anilines is 1. The van der Waals surface area contributed by atoms with Crippen molar-refractivity contribution in [1.82, 2.24) is 4.98 Å². The zero-order valence-electron chi connectivity index (χ0n) is 19.1. The molecule has 1 amide bonds. The number of hydrogen-bond acceptors (Lipinski definition) is 8. The van der Waals surface area contributed by atoms with Crippen LogP contribution in [0.1, 0.15) is 15.9 Å². The lowest BCUT2D eigenvalue weighted by molar-refractivity contribution is 0.0987. The molecule has 0 aliphatic carbocycles. The van der Waals surface area contributed by atoms with Gasteiger partial charge < -0.3 is 13.9 Å². The molecule has 5 rings (SSSR count). The molecule has 0 spiro atoms. The van der Waals surface area contributed by atoms with Crippen LogP contribution in [0.4, 0.5) is 9.52 Å². The number of rotatable bonds is 6. The predicted molar refractivity (Wildman–Crippen MR) is 136 cm³/mol. The van der Waals surface area contributed by atoms with Gasteiger partial charge in [-0.05, 0) is 48.5 Å². The molecule has 0 N–H and O–H groups in total. The van der Waals surface area contributed by atoms with Crippen molar-refractivity contribution in [3.63, 3.8) is 0 Å². The number of hydrogen-bond donors (Lipinski definition) is 0. The Bertz CT molecular complexity index is 1690. The van der Waals surface area contributed by atoms with Crippen molar-refractivity contribution < 1.29 is 23.1 Å². The van der Waals surface area contributed by atoms with E-state index in [9.17, 15) is 14.0 Å². The Morgan fingerprint density at radius 2 is 1.89 bits per heavy atom. The van der Waals surface area contributed by atoms with E-state index in [0.717, 1.165) is 16.3 Å². The molecular formula is C26H18FN3O5S. The monoisotopic (exact) mass is 503 g/mol. The van der Waals surface area contributed by atoms with Gasteiger partial charge in [0.05, 0.1) is 41.6 Å². The normalized spacial score (nSPS) is 11.3. The fraction of sp³-hybridized carbons (Fsp3) is 0.0769. The quantitative estimate of drug-likeness (QED) is 0.232. The molecule has 0 atom stereocenters. The highest BCUT2D eigenvalue weighted by Crippen LogP contribution is 2.32. The number of aromatic nitrogens is 1. The Morgan fingerprint density at radius 1 is 1.08 bits per heavy atom. The number of carbonyl (C=O) groups is 1. The van der Waals surface area contributed by atoms with Crippen molar-refractivity contribution in [2.24, 2.45) is 5.10 Å². The lowest BCUT2D eigenvalue weighted by Gasteiger charge is -2.15. The molecule has 180 valence electrons. The number of halogens is 1. The van der Waals surface area contributed by atoms with Crippen molar-refractivity contribution in [2.45, 2.75) is 0 Å². The third kappa shape index (κ3) is 4.29. The number of ether oxygens (including phenoxy) is 2. The lowest BCUT2D eigenvalue weighted by Crippen LogP contribution is -2.26. The number of benzene rings is 3. The van der Waals surface area contributed by atoms with Crippen molar-refractivity contribution >= 4 is 49.8 Å². The minimum atomic E-state index is -0.545. The Balaban J connectivity index is 1.60. The molecular weight excluding hydrogens is 485 g/mol. The van der Waals surface area contributed by atoms with Gasteiger partial charge in [0.2, 0.25) is 10.6 Å². The first kappa shape index (κ1) is 23.2. The Morgan fingerprint density at radius 3 is 2.69 bits per heavy atom. The number of methoxy groups -OCH3 is 2. The molecule has 2 aromatic heterocycles.